The Bertz CT molecular complexity index is 575. The van der Waals surface area contributed by atoms with E-state index < -0.39 is 0 Å². The first-order valence-corrected chi connectivity index (χ1v) is 5.53. The fourth-order valence-electron chi connectivity index (χ4n) is 1.62. The summed E-state index contributed by atoms with van der Waals surface area (Å²) in [5.74, 6) is 0.607. The van der Waals surface area contributed by atoms with Gasteiger partial charge in [-0.25, -0.2) is 9.97 Å². The van der Waals surface area contributed by atoms with Gasteiger partial charge in [-0.3, -0.25) is 4.79 Å². The van der Waals surface area contributed by atoms with Gasteiger partial charge in [0.15, 0.2) is 0 Å². The van der Waals surface area contributed by atoms with Gasteiger partial charge in [0, 0.05) is 17.5 Å². The van der Waals surface area contributed by atoms with Crippen LogP contribution in [0.2, 0.25) is 0 Å². The summed E-state index contributed by atoms with van der Waals surface area (Å²) in [6, 6.07) is 6.89. The van der Waals surface area contributed by atoms with Crippen molar-refractivity contribution in [2.24, 2.45) is 0 Å². The number of nitrogens with one attached hydrogen (secondary N) is 1. The predicted molar refractivity (Wildman–Crippen MR) is 70.3 cm³/mol. The van der Waals surface area contributed by atoms with Gasteiger partial charge < -0.3 is 11.1 Å². The van der Waals surface area contributed by atoms with Crippen LogP contribution in [0.15, 0.2) is 30.5 Å². The maximum atomic E-state index is 12.0. The number of aromatic nitrogens is 2. The number of carbonyl (C=O) groups is 1. The van der Waals surface area contributed by atoms with Crippen LogP contribution in [0, 0.1) is 13.8 Å². The van der Waals surface area contributed by atoms with Crippen LogP contribution >= 0.6 is 0 Å². The predicted octanol–water partition coefficient (Wildman–Crippen LogP) is 1.93. The van der Waals surface area contributed by atoms with Crippen LogP contribution in [-0.4, -0.2) is 15.9 Å². The van der Waals surface area contributed by atoms with Crippen LogP contribution in [0.3, 0.4) is 0 Å². The second kappa shape index (κ2) is 4.83. The molecule has 0 aliphatic carbocycles. The third kappa shape index (κ3) is 2.82. The molecule has 0 fully saturated rings. The van der Waals surface area contributed by atoms with E-state index in [9.17, 15) is 4.79 Å². The molecule has 0 saturated carbocycles. The number of amides is 1. The SMILES string of the molecule is Cc1ccnc(NC(=O)c2cc(C)nc(N)c2)c1. The topological polar surface area (TPSA) is 80.9 Å². The summed E-state index contributed by atoms with van der Waals surface area (Å²) in [6.07, 6.45) is 1.65. The van der Waals surface area contributed by atoms with Crippen LogP contribution < -0.4 is 11.1 Å². The molecule has 2 rings (SSSR count). The van der Waals surface area contributed by atoms with Gasteiger partial charge in [-0.2, -0.15) is 0 Å². The first-order chi connectivity index (χ1) is 8.54. The summed E-state index contributed by atoms with van der Waals surface area (Å²) >= 11 is 0. The zero-order chi connectivity index (χ0) is 13.1. The van der Waals surface area contributed by atoms with Gasteiger partial charge in [0.25, 0.3) is 5.91 Å². The summed E-state index contributed by atoms with van der Waals surface area (Å²) in [4.78, 5) is 20.1. The fourth-order valence-corrected chi connectivity index (χ4v) is 1.62. The Morgan fingerprint density at radius 2 is 2.06 bits per heavy atom. The summed E-state index contributed by atoms with van der Waals surface area (Å²) in [5, 5.41) is 2.72. The van der Waals surface area contributed by atoms with Gasteiger partial charge in [-0.15, -0.1) is 0 Å². The van der Waals surface area contributed by atoms with Gasteiger partial charge in [0.05, 0.1) is 0 Å². The van der Waals surface area contributed by atoms with E-state index in [1.165, 1.54) is 6.07 Å². The standard InChI is InChI=1S/C13H14N4O/c1-8-3-4-15-12(5-8)17-13(18)10-6-9(2)16-11(14)7-10/h3-7H,1-2H3,(H2,14,16)(H,15,17,18). The number of hydrogen-bond acceptors (Lipinski definition) is 4. The molecule has 92 valence electrons. The van der Waals surface area contributed by atoms with Gasteiger partial charge in [-0.05, 0) is 43.7 Å². The molecule has 0 atom stereocenters. The van der Waals surface area contributed by atoms with Gasteiger partial charge in [0.2, 0.25) is 0 Å². The van der Waals surface area contributed by atoms with Gasteiger partial charge in [-0.1, -0.05) is 0 Å². The first-order valence-electron chi connectivity index (χ1n) is 5.53. The number of pyridine rings is 2. The van der Waals surface area contributed by atoms with Crippen molar-refractivity contribution >= 4 is 17.5 Å². The van der Waals surface area contributed by atoms with Crippen molar-refractivity contribution < 1.29 is 4.79 Å². The molecule has 5 nitrogen and oxygen atoms in total. The molecule has 3 N–H and O–H groups in total. The third-order valence-corrected chi connectivity index (χ3v) is 2.39. The minimum Gasteiger partial charge on any atom is -0.384 e. The molecular weight excluding hydrogens is 228 g/mol. The quantitative estimate of drug-likeness (QED) is 0.843. The molecule has 0 unspecified atom stereocenters. The maximum Gasteiger partial charge on any atom is 0.257 e. The molecule has 18 heavy (non-hydrogen) atoms. The van der Waals surface area contributed by atoms with Crippen molar-refractivity contribution in [3.05, 3.63) is 47.3 Å². The average Bonchev–Trinajstić information content (AvgIpc) is 2.27. The number of nitrogen functional groups attached to an aromatic ring is 1. The van der Waals surface area contributed by atoms with Crippen molar-refractivity contribution in [1.82, 2.24) is 9.97 Å². The number of rotatable bonds is 2. The number of anilines is 2. The van der Waals surface area contributed by atoms with Crippen LogP contribution in [0.25, 0.3) is 0 Å². The highest BCUT2D eigenvalue weighted by Crippen LogP contribution is 2.11. The minimum atomic E-state index is -0.245. The molecule has 0 aromatic carbocycles. The molecule has 0 aliphatic heterocycles. The molecule has 0 spiro atoms. The lowest BCUT2D eigenvalue weighted by Gasteiger charge is -2.06. The second-order valence-electron chi connectivity index (χ2n) is 4.09. The van der Waals surface area contributed by atoms with E-state index in [2.05, 4.69) is 15.3 Å². The fraction of sp³-hybridized carbons (Fsp3) is 0.154. The molecule has 1 amide bonds. The number of carbonyl (C=O) groups excluding carboxylic acids is 1. The molecular formula is C13H14N4O. The van der Waals surface area contributed by atoms with E-state index >= 15 is 0 Å². The van der Waals surface area contributed by atoms with E-state index in [4.69, 9.17) is 5.73 Å². The third-order valence-electron chi connectivity index (χ3n) is 2.39. The number of nitrogens with two attached hydrogens (primary N) is 1. The summed E-state index contributed by atoms with van der Waals surface area (Å²) in [7, 11) is 0. The van der Waals surface area contributed by atoms with Crippen LogP contribution in [-0.2, 0) is 0 Å². The van der Waals surface area contributed by atoms with Crippen molar-refractivity contribution in [3.63, 3.8) is 0 Å². The molecule has 0 radical (unpaired) electrons. The van der Waals surface area contributed by atoms with Crippen molar-refractivity contribution in [3.8, 4) is 0 Å². The second-order valence-corrected chi connectivity index (χ2v) is 4.09. The Kier molecular flexibility index (Phi) is 3.23. The smallest absolute Gasteiger partial charge is 0.257 e. The zero-order valence-corrected chi connectivity index (χ0v) is 10.3. The monoisotopic (exact) mass is 242 g/mol. The molecule has 2 aromatic rings. The zero-order valence-electron chi connectivity index (χ0n) is 10.3. The van der Waals surface area contributed by atoms with Crippen LogP contribution in [0.1, 0.15) is 21.6 Å². The van der Waals surface area contributed by atoms with Crippen LogP contribution in [0.5, 0.6) is 0 Å². The molecule has 2 aromatic heterocycles. The Morgan fingerprint density at radius 1 is 1.28 bits per heavy atom. The summed E-state index contributed by atoms with van der Waals surface area (Å²) < 4.78 is 0. The van der Waals surface area contributed by atoms with E-state index in [1.54, 1.807) is 25.3 Å². The number of hydrogen-bond donors (Lipinski definition) is 2. The van der Waals surface area contributed by atoms with Crippen molar-refractivity contribution in [2.75, 3.05) is 11.1 Å². The highest BCUT2D eigenvalue weighted by molar-refractivity contribution is 6.04. The average molecular weight is 242 g/mol. The highest BCUT2D eigenvalue weighted by Gasteiger charge is 2.08. The Hall–Kier alpha value is -2.43. The largest absolute Gasteiger partial charge is 0.384 e. The molecule has 2 heterocycles. The highest BCUT2D eigenvalue weighted by atomic mass is 16.1. The van der Waals surface area contributed by atoms with Gasteiger partial charge >= 0.3 is 0 Å². The lowest BCUT2D eigenvalue weighted by molar-refractivity contribution is 0.102. The maximum absolute atomic E-state index is 12.0. The minimum absolute atomic E-state index is 0.245. The Balaban J connectivity index is 2.22. The normalized spacial score (nSPS) is 10.1. The van der Waals surface area contributed by atoms with E-state index in [0.29, 0.717) is 22.9 Å². The molecule has 0 bridgehead atoms. The lowest BCUT2D eigenvalue weighted by Crippen LogP contribution is -2.14. The van der Waals surface area contributed by atoms with Crippen LogP contribution in [0.4, 0.5) is 11.6 Å². The Labute approximate surface area is 105 Å². The molecule has 0 saturated heterocycles. The first kappa shape index (κ1) is 12.0. The Morgan fingerprint density at radius 3 is 2.72 bits per heavy atom. The van der Waals surface area contributed by atoms with Crippen molar-refractivity contribution in [2.45, 2.75) is 13.8 Å². The van der Waals surface area contributed by atoms with Gasteiger partial charge in [0.1, 0.15) is 11.6 Å². The van der Waals surface area contributed by atoms with Crippen molar-refractivity contribution in [1.29, 1.82) is 0 Å². The number of aryl methyl sites for hydroxylation is 2. The summed E-state index contributed by atoms with van der Waals surface area (Å²) in [5.41, 5.74) is 7.82. The van der Waals surface area contributed by atoms with E-state index in [1.807, 2.05) is 13.0 Å². The number of nitrogens with zero attached hydrogens (tertiary/aromatic N) is 2. The molecule has 5 heteroatoms. The molecule has 0 aliphatic rings. The van der Waals surface area contributed by atoms with E-state index in [0.717, 1.165) is 5.56 Å². The van der Waals surface area contributed by atoms with E-state index in [-0.39, 0.29) is 5.91 Å². The summed E-state index contributed by atoms with van der Waals surface area (Å²) in [6.45, 7) is 3.73. The lowest BCUT2D eigenvalue weighted by atomic mass is 10.2.